The van der Waals surface area contributed by atoms with Crippen molar-refractivity contribution >= 4 is 18.3 Å². The Morgan fingerprint density at radius 2 is 1.74 bits per heavy atom. The molecule has 0 bridgehead atoms. The first-order valence-corrected chi connectivity index (χ1v) is 6.81. The summed E-state index contributed by atoms with van der Waals surface area (Å²) in [6.45, 7) is 2.12. The Morgan fingerprint density at radius 3 is 2.30 bits per heavy atom. The summed E-state index contributed by atoms with van der Waals surface area (Å²) in [6.07, 6.45) is -4.43. The average Bonchev–Trinajstić information content (AvgIpc) is 2.47. The van der Waals surface area contributed by atoms with Crippen LogP contribution in [0.3, 0.4) is 0 Å². The SMILES string of the molecule is CCNCCNC(=O)COc1ccccc1OCC(F)(F)F.Cl. The van der Waals surface area contributed by atoms with Gasteiger partial charge in [-0.05, 0) is 18.7 Å². The maximum Gasteiger partial charge on any atom is 0.422 e. The van der Waals surface area contributed by atoms with Crippen LogP contribution < -0.4 is 20.1 Å². The van der Waals surface area contributed by atoms with Gasteiger partial charge in [0.1, 0.15) is 0 Å². The summed E-state index contributed by atoms with van der Waals surface area (Å²) in [4.78, 5) is 11.5. The van der Waals surface area contributed by atoms with E-state index in [-0.39, 0.29) is 36.4 Å². The smallest absolute Gasteiger partial charge is 0.422 e. The number of likely N-dealkylation sites (N-methyl/N-ethyl adjacent to an activating group) is 1. The molecule has 0 saturated heterocycles. The fourth-order valence-electron chi connectivity index (χ4n) is 1.51. The Balaban J connectivity index is 0.00000484. The summed E-state index contributed by atoms with van der Waals surface area (Å²) in [6, 6.07) is 5.90. The van der Waals surface area contributed by atoms with E-state index in [1.807, 2.05) is 6.92 Å². The number of alkyl halides is 3. The van der Waals surface area contributed by atoms with Crippen LogP contribution in [0, 0.1) is 0 Å². The molecule has 1 amide bonds. The van der Waals surface area contributed by atoms with Gasteiger partial charge in [0.25, 0.3) is 5.91 Å². The van der Waals surface area contributed by atoms with Gasteiger partial charge >= 0.3 is 6.18 Å². The van der Waals surface area contributed by atoms with E-state index >= 15 is 0 Å². The first kappa shape index (κ1) is 21.3. The number of hydrogen-bond donors (Lipinski definition) is 2. The van der Waals surface area contributed by atoms with Crippen LogP contribution in [0.15, 0.2) is 24.3 Å². The van der Waals surface area contributed by atoms with Gasteiger partial charge in [-0.15, -0.1) is 12.4 Å². The van der Waals surface area contributed by atoms with E-state index < -0.39 is 12.8 Å². The van der Waals surface area contributed by atoms with Gasteiger partial charge in [-0.2, -0.15) is 13.2 Å². The molecule has 0 fully saturated rings. The molecule has 1 aromatic rings. The Bertz CT molecular complexity index is 473. The van der Waals surface area contributed by atoms with Crippen molar-refractivity contribution in [2.45, 2.75) is 13.1 Å². The van der Waals surface area contributed by atoms with Crippen LogP contribution >= 0.6 is 12.4 Å². The number of rotatable bonds is 9. The van der Waals surface area contributed by atoms with E-state index in [4.69, 9.17) is 4.74 Å². The number of ether oxygens (including phenoxy) is 2. The van der Waals surface area contributed by atoms with Crippen molar-refractivity contribution in [1.82, 2.24) is 10.6 Å². The van der Waals surface area contributed by atoms with Gasteiger partial charge in [-0.25, -0.2) is 0 Å². The second kappa shape index (κ2) is 11.0. The molecule has 9 heteroatoms. The zero-order valence-corrected chi connectivity index (χ0v) is 13.4. The Labute approximate surface area is 138 Å². The Hall–Kier alpha value is -1.67. The number of amides is 1. The minimum atomic E-state index is -4.43. The molecule has 0 radical (unpaired) electrons. The van der Waals surface area contributed by atoms with Gasteiger partial charge in [-0.1, -0.05) is 19.1 Å². The van der Waals surface area contributed by atoms with Crippen LogP contribution in [0.1, 0.15) is 6.92 Å². The third-order valence-electron chi connectivity index (χ3n) is 2.47. The second-order valence-corrected chi connectivity index (χ2v) is 4.34. The van der Waals surface area contributed by atoms with Gasteiger partial charge in [0.05, 0.1) is 0 Å². The highest BCUT2D eigenvalue weighted by Crippen LogP contribution is 2.28. The van der Waals surface area contributed by atoms with Crippen molar-refractivity contribution in [1.29, 1.82) is 0 Å². The van der Waals surface area contributed by atoms with Crippen molar-refractivity contribution < 1.29 is 27.4 Å². The summed E-state index contributed by atoms with van der Waals surface area (Å²) in [5, 5.41) is 5.65. The van der Waals surface area contributed by atoms with Gasteiger partial charge in [-0.3, -0.25) is 4.79 Å². The number of para-hydroxylation sites is 2. The quantitative estimate of drug-likeness (QED) is 0.666. The van der Waals surface area contributed by atoms with Gasteiger partial charge < -0.3 is 20.1 Å². The maximum absolute atomic E-state index is 12.2. The van der Waals surface area contributed by atoms with Crippen molar-refractivity contribution in [3.8, 4) is 11.5 Å². The standard InChI is InChI=1S/C14H19F3N2O3.ClH/c1-2-18-7-8-19-13(20)9-21-11-5-3-4-6-12(11)22-10-14(15,16)17;/h3-6,18H,2,7-10H2,1H3,(H,19,20);1H. The Morgan fingerprint density at radius 1 is 1.13 bits per heavy atom. The molecular weight excluding hydrogens is 337 g/mol. The fraction of sp³-hybridized carbons (Fsp3) is 0.500. The monoisotopic (exact) mass is 356 g/mol. The zero-order valence-electron chi connectivity index (χ0n) is 12.6. The third-order valence-corrected chi connectivity index (χ3v) is 2.47. The third kappa shape index (κ3) is 9.85. The molecule has 132 valence electrons. The highest BCUT2D eigenvalue weighted by molar-refractivity contribution is 5.85. The first-order valence-electron chi connectivity index (χ1n) is 6.81. The minimum absolute atomic E-state index is 0. The molecule has 0 unspecified atom stereocenters. The van der Waals surface area contributed by atoms with Crippen LogP contribution in [0.2, 0.25) is 0 Å². The predicted octanol–water partition coefficient (Wildman–Crippen LogP) is 2.15. The number of nitrogens with one attached hydrogen (secondary N) is 2. The highest BCUT2D eigenvalue weighted by Gasteiger charge is 2.28. The number of halogens is 4. The molecule has 0 aromatic heterocycles. The van der Waals surface area contributed by atoms with Crippen molar-refractivity contribution in [2.24, 2.45) is 0 Å². The fourth-order valence-corrected chi connectivity index (χ4v) is 1.51. The molecule has 0 aliphatic carbocycles. The van der Waals surface area contributed by atoms with Crippen molar-refractivity contribution in [3.63, 3.8) is 0 Å². The van der Waals surface area contributed by atoms with E-state index in [9.17, 15) is 18.0 Å². The highest BCUT2D eigenvalue weighted by atomic mass is 35.5. The zero-order chi connectivity index (χ0) is 16.4. The summed E-state index contributed by atoms with van der Waals surface area (Å²) in [5.74, 6) is -0.322. The van der Waals surface area contributed by atoms with E-state index in [1.165, 1.54) is 18.2 Å². The van der Waals surface area contributed by atoms with E-state index in [2.05, 4.69) is 15.4 Å². The van der Waals surface area contributed by atoms with Crippen LogP contribution in [0.4, 0.5) is 13.2 Å². The lowest BCUT2D eigenvalue weighted by Crippen LogP contribution is -2.34. The van der Waals surface area contributed by atoms with Gasteiger partial charge in [0.2, 0.25) is 0 Å². The number of hydrogen-bond acceptors (Lipinski definition) is 4. The lowest BCUT2D eigenvalue weighted by molar-refractivity contribution is -0.153. The average molecular weight is 357 g/mol. The molecule has 1 rings (SSSR count). The summed E-state index contributed by atoms with van der Waals surface area (Å²) in [7, 11) is 0. The lowest BCUT2D eigenvalue weighted by atomic mass is 10.3. The molecule has 0 heterocycles. The van der Waals surface area contributed by atoms with Gasteiger partial charge in [0.15, 0.2) is 24.7 Å². The molecule has 0 atom stereocenters. The number of benzene rings is 1. The van der Waals surface area contributed by atoms with Crippen LogP contribution in [-0.4, -0.2) is 44.9 Å². The first-order chi connectivity index (χ1) is 10.4. The predicted molar refractivity (Wildman–Crippen MR) is 82.3 cm³/mol. The molecule has 2 N–H and O–H groups in total. The topological polar surface area (TPSA) is 59.6 Å². The summed E-state index contributed by atoms with van der Waals surface area (Å²) in [5.41, 5.74) is 0. The lowest BCUT2D eigenvalue weighted by Gasteiger charge is -2.13. The van der Waals surface area contributed by atoms with Crippen LogP contribution in [0.5, 0.6) is 11.5 Å². The van der Waals surface area contributed by atoms with Crippen LogP contribution in [-0.2, 0) is 4.79 Å². The van der Waals surface area contributed by atoms with E-state index in [0.29, 0.717) is 13.1 Å². The summed E-state index contributed by atoms with van der Waals surface area (Å²) < 4.78 is 46.3. The van der Waals surface area contributed by atoms with Crippen molar-refractivity contribution in [3.05, 3.63) is 24.3 Å². The summed E-state index contributed by atoms with van der Waals surface area (Å²) >= 11 is 0. The molecule has 0 aliphatic heterocycles. The van der Waals surface area contributed by atoms with E-state index in [0.717, 1.165) is 6.54 Å². The van der Waals surface area contributed by atoms with Gasteiger partial charge in [0, 0.05) is 13.1 Å². The molecule has 1 aromatic carbocycles. The molecule has 0 aliphatic rings. The molecule has 0 saturated carbocycles. The second-order valence-electron chi connectivity index (χ2n) is 4.34. The molecule has 23 heavy (non-hydrogen) atoms. The van der Waals surface area contributed by atoms with Crippen molar-refractivity contribution in [2.75, 3.05) is 32.8 Å². The Kier molecular flexibility index (Phi) is 10.2. The normalized spacial score (nSPS) is 10.6. The van der Waals surface area contributed by atoms with Crippen LogP contribution in [0.25, 0.3) is 0 Å². The molecule has 0 spiro atoms. The minimum Gasteiger partial charge on any atom is -0.480 e. The maximum atomic E-state index is 12.2. The number of carbonyl (C=O) groups excluding carboxylic acids is 1. The number of carbonyl (C=O) groups is 1. The molecule has 5 nitrogen and oxygen atoms in total. The largest absolute Gasteiger partial charge is 0.480 e. The van der Waals surface area contributed by atoms with E-state index in [1.54, 1.807) is 6.07 Å². The molecular formula is C14H20ClF3N2O3.